The zero-order chi connectivity index (χ0) is 20.0. The maximum Gasteiger partial charge on any atom is 0.201 e. The average Bonchev–Trinajstić information content (AvgIpc) is 3.18. The molecule has 2 aromatic rings. The van der Waals surface area contributed by atoms with Crippen molar-refractivity contribution in [3.63, 3.8) is 0 Å². The molecule has 29 heavy (non-hydrogen) atoms. The van der Waals surface area contributed by atoms with Gasteiger partial charge in [-0.15, -0.1) is 10.2 Å². The summed E-state index contributed by atoms with van der Waals surface area (Å²) in [4.78, 5) is 5.02. The maximum absolute atomic E-state index is 10.7. The van der Waals surface area contributed by atoms with Crippen molar-refractivity contribution >= 4 is 11.3 Å². The average molecular weight is 401 g/mol. The smallest absolute Gasteiger partial charge is 0.201 e. The summed E-state index contributed by atoms with van der Waals surface area (Å²) in [5.74, 6) is 0. The van der Waals surface area contributed by atoms with E-state index in [1.165, 1.54) is 11.3 Å². The lowest BCUT2D eigenvalue weighted by molar-refractivity contribution is -0.0601. The van der Waals surface area contributed by atoms with Crippen LogP contribution in [-0.4, -0.2) is 81.4 Å². The number of rotatable bonds is 2. The van der Waals surface area contributed by atoms with Crippen molar-refractivity contribution in [3.05, 3.63) is 17.6 Å². The van der Waals surface area contributed by atoms with Crippen LogP contribution in [0.25, 0.3) is 5.65 Å². The number of aliphatic hydroxyl groups excluding tert-OH is 1. The standard InChI is InChI=1S/C21H32N6O2/c1-15-16(2)24-27-14-22-23-20(27)19(15)25-7-5-21(6-8-25)11-18(28)12-26(13-21)17-3-9-29-10-4-17/h14,17-18,28H,3-13H2,1-2H3. The minimum Gasteiger partial charge on any atom is -0.392 e. The highest BCUT2D eigenvalue weighted by Gasteiger charge is 2.43. The molecule has 2 aromatic heterocycles. The first-order valence-electron chi connectivity index (χ1n) is 11.0. The molecular formula is C21H32N6O2. The topological polar surface area (TPSA) is 79.0 Å². The molecule has 0 aromatic carbocycles. The molecule has 1 unspecified atom stereocenters. The van der Waals surface area contributed by atoms with E-state index in [0.29, 0.717) is 6.04 Å². The Balaban J connectivity index is 1.34. The lowest BCUT2D eigenvalue weighted by Gasteiger charge is -2.51. The van der Waals surface area contributed by atoms with Gasteiger partial charge in [0, 0.05) is 45.4 Å². The first-order chi connectivity index (χ1) is 14.0. The van der Waals surface area contributed by atoms with E-state index in [9.17, 15) is 5.11 Å². The van der Waals surface area contributed by atoms with Crippen molar-refractivity contribution in [2.75, 3.05) is 44.3 Å². The first kappa shape index (κ1) is 19.2. The van der Waals surface area contributed by atoms with E-state index in [0.717, 1.165) is 82.8 Å². The molecule has 8 heteroatoms. The number of anilines is 1. The van der Waals surface area contributed by atoms with Crippen LogP contribution in [-0.2, 0) is 4.74 Å². The third-order valence-corrected chi connectivity index (χ3v) is 7.40. The lowest BCUT2D eigenvalue weighted by Crippen LogP contribution is -2.57. The summed E-state index contributed by atoms with van der Waals surface area (Å²) >= 11 is 0. The monoisotopic (exact) mass is 400 g/mol. The number of aliphatic hydroxyl groups is 1. The van der Waals surface area contributed by atoms with Crippen LogP contribution < -0.4 is 4.90 Å². The molecule has 5 heterocycles. The highest BCUT2D eigenvalue weighted by molar-refractivity contribution is 5.72. The Bertz CT molecular complexity index is 869. The number of nitrogens with zero attached hydrogens (tertiary/aromatic N) is 6. The summed E-state index contributed by atoms with van der Waals surface area (Å²) in [5, 5.41) is 23.7. The fraction of sp³-hybridized carbons (Fsp3) is 0.762. The normalized spacial score (nSPS) is 26.4. The fourth-order valence-electron chi connectivity index (χ4n) is 5.70. The molecule has 3 aliphatic rings. The largest absolute Gasteiger partial charge is 0.392 e. The van der Waals surface area contributed by atoms with Crippen molar-refractivity contribution in [3.8, 4) is 0 Å². The number of aryl methyl sites for hydroxylation is 1. The van der Waals surface area contributed by atoms with E-state index in [-0.39, 0.29) is 11.5 Å². The zero-order valence-electron chi connectivity index (χ0n) is 17.5. The Morgan fingerprint density at radius 2 is 1.93 bits per heavy atom. The number of hydrogen-bond donors (Lipinski definition) is 1. The highest BCUT2D eigenvalue weighted by Crippen LogP contribution is 2.43. The molecule has 0 amide bonds. The number of β-amino-alcohol motifs (C(OH)–C–C–N with tert-alkyl or cyclic N) is 1. The molecule has 1 spiro atoms. The van der Waals surface area contributed by atoms with Gasteiger partial charge in [-0.2, -0.15) is 9.61 Å². The SMILES string of the molecule is Cc1nn2cnnc2c(N2CCC3(CC2)CC(O)CN(C2CCOCC2)C3)c1C. The van der Waals surface area contributed by atoms with Gasteiger partial charge in [-0.05, 0) is 56.9 Å². The second-order valence-electron chi connectivity index (χ2n) is 9.28. The van der Waals surface area contributed by atoms with Crippen LogP contribution in [0, 0.1) is 19.3 Å². The Kier molecular flexibility index (Phi) is 4.96. The van der Waals surface area contributed by atoms with Gasteiger partial charge in [0.2, 0.25) is 5.65 Å². The van der Waals surface area contributed by atoms with Gasteiger partial charge >= 0.3 is 0 Å². The number of hydrogen-bond acceptors (Lipinski definition) is 7. The van der Waals surface area contributed by atoms with Gasteiger partial charge in [0.05, 0.1) is 17.5 Å². The summed E-state index contributed by atoms with van der Waals surface area (Å²) in [6, 6.07) is 0.564. The van der Waals surface area contributed by atoms with Gasteiger partial charge in [-0.1, -0.05) is 0 Å². The predicted octanol–water partition coefficient (Wildman–Crippen LogP) is 1.57. The minimum absolute atomic E-state index is 0.215. The Hall–Kier alpha value is -1.77. The highest BCUT2D eigenvalue weighted by atomic mass is 16.5. The Morgan fingerprint density at radius 1 is 1.17 bits per heavy atom. The van der Waals surface area contributed by atoms with Crippen LogP contribution in [0.15, 0.2) is 6.33 Å². The quantitative estimate of drug-likeness (QED) is 0.820. The fourth-order valence-corrected chi connectivity index (χ4v) is 5.70. The van der Waals surface area contributed by atoms with E-state index >= 15 is 0 Å². The van der Waals surface area contributed by atoms with E-state index in [4.69, 9.17) is 4.74 Å². The molecule has 158 valence electrons. The van der Waals surface area contributed by atoms with Crippen LogP contribution in [0.4, 0.5) is 5.69 Å². The van der Waals surface area contributed by atoms with E-state index < -0.39 is 0 Å². The van der Waals surface area contributed by atoms with Crippen LogP contribution in [0.5, 0.6) is 0 Å². The molecule has 3 saturated heterocycles. The minimum atomic E-state index is -0.216. The van der Waals surface area contributed by atoms with Crippen molar-refractivity contribution in [1.82, 2.24) is 24.7 Å². The van der Waals surface area contributed by atoms with Crippen molar-refractivity contribution in [1.29, 1.82) is 0 Å². The van der Waals surface area contributed by atoms with Gasteiger partial charge < -0.3 is 14.7 Å². The molecule has 0 aliphatic carbocycles. The van der Waals surface area contributed by atoms with Crippen molar-refractivity contribution < 1.29 is 9.84 Å². The van der Waals surface area contributed by atoms with Gasteiger partial charge in [0.1, 0.15) is 6.33 Å². The summed E-state index contributed by atoms with van der Waals surface area (Å²) in [6.45, 7) is 9.79. The van der Waals surface area contributed by atoms with E-state index in [2.05, 4.69) is 32.0 Å². The molecule has 8 nitrogen and oxygen atoms in total. The van der Waals surface area contributed by atoms with Gasteiger partial charge in [-0.3, -0.25) is 4.90 Å². The van der Waals surface area contributed by atoms with Gasteiger partial charge in [0.15, 0.2) is 0 Å². The third kappa shape index (κ3) is 3.51. The molecule has 0 saturated carbocycles. The van der Waals surface area contributed by atoms with Crippen molar-refractivity contribution in [2.45, 2.75) is 58.1 Å². The number of ether oxygens (including phenoxy) is 1. The molecule has 3 fully saturated rings. The molecule has 5 rings (SSSR count). The zero-order valence-corrected chi connectivity index (χ0v) is 17.5. The van der Waals surface area contributed by atoms with Gasteiger partial charge in [0.25, 0.3) is 0 Å². The lowest BCUT2D eigenvalue weighted by atomic mass is 9.71. The molecule has 1 atom stereocenters. The second kappa shape index (κ2) is 7.49. The van der Waals surface area contributed by atoms with Crippen LogP contribution in [0.1, 0.15) is 43.4 Å². The van der Waals surface area contributed by atoms with Crippen molar-refractivity contribution in [2.24, 2.45) is 5.41 Å². The summed E-state index contributed by atoms with van der Waals surface area (Å²) in [7, 11) is 0. The molecule has 1 N–H and O–H groups in total. The number of fused-ring (bicyclic) bond motifs is 1. The maximum atomic E-state index is 10.7. The van der Waals surface area contributed by atoms with E-state index in [1.54, 1.807) is 10.8 Å². The second-order valence-corrected chi connectivity index (χ2v) is 9.28. The molecule has 0 bridgehead atoms. The molecular weight excluding hydrogens is 368 g/mol. The summed E-state index contributed by atoms with van der Waals surface area (Å²) in [5.41, 5.74) is 4.44. The molecule has 3 aliphatic heterocycles. The number of piperidine rings is 2. The Morgan fingerprint density at radius 3 is 2.69 bits per heavy atom. The van der Waals surface area contributed by atoms with Crippen LogP contribution >= 0.6 is 0 Å². The molecule has 0 radical (unpaired) electrons. The van der Waals surface area contributed by atoms with E-state index in [1.807, 2.05) is 6.92 Å². The summed E-state index contributed by atoms with van der Waals surface area (Å²) < 4.78 is 7.34. The number of aromatic nitrogens is 4. The summed E-state index contributed by atoms with van der Waals surface area (Å²) in [6.07, 6.45) is 6.78. The van der Waals surface area contributed by atoms with Crippen LogP contribution in [0.3, 0.4) is 0 Å². The first-order valence-corrected chi connectivity index (χ1v) is 11.0. The van der Waals surface area contributed by atoms with Gasteiger partial charge in [-0.25, -0.2) is 0 Å². The predicted molar refractivity (Wildman–Crippen MR) is 110 cm³/mol. The Labute approximate surface area is 171 Å². The third-order valence-electron chi connectivity index (χ3n) is 7.40. The number of likely N-dealkylation sites (tertiary alicyclic amines) is 1. The van der Waals surface area contributed by atoms with Crippen LogP contribution in [0.2, 0.25) is 0 Å².